The highest BCUT2D eigenvalue weighted by molar-refractivity contribution is 4.96. The molecule has 0 radical (unpaired) electrons. The van der Waals surface area contributed by atoms with Gasteiger partial charge in [-0.3, -0.25) is 0 Å². The summed E-state index contributed by atoms with van der Waals surface area (Å²) in [5.74, 6) is 1.92. The van der Waals surface area contributed by atoms with Gasteiger partial charge in [0.25, 0.3) is 0 Å². The van der Waals surface area contributed by atoms with E-state index in [4.69, 9.17) is 0 Å². The lowest BCUT2D eigenvalue weighted by Gasteiger charge is -2.48. The Labute approximate surface area is 113 Å². The highest BCUT2D eigenvalue weighted by atomic mass is 16.3. The molecule has 0 aromatic heterocycles. The van der Waals surface area contributed by atoms with E-state index in [9.17, 15) is 5.11 Å². The average molecular weight is 252 g/mol. The smallest absolute Gasteiger partial charge is 0.0703 e. The SMILES string of the molecule is CCCC(C)C1(O)CCCCC1C1CCCCC1. The second-order valence-electron chi connectivity index (χ2n) is 6.93. The zero-order valence-corrected chi connectivity index (χ0v) is 12.5. The van der Waals surface area contributed by atoms with Gasteiger partial charge in [-0.1, -0.05) is 65.2 Å². The van der Waals surface area contributed by atoms with Gasteiger partial charge in [-0.15, -0.1) is 0 Å². The van der Waals surface area contributed by atoms with Crippen molar-refractivity contribution >= 4 is 0 Å². The molecule has 2 aliphatic rings. The summed E-state index contributed by atoms with van der Waals surface area (Å²) in [4.78, 5) is 0. The molecule has 1 heteroatoms. The van der Waals surface area contributed by atoms with Crippen molar-refractivity contribution in [1.29, 1.82) is 0 Å². The third-order valence-corrected chi connectivity index (χ3v) is 5.78. The molecule has 106 valence electrons. The second-order valence-corrected chi connectivity index (χ2v) is 6.93. The molecule has 0 heterocycles. The molecule has 3 unspecified atom stereocenters. The molecule has 0 amide bonds. The van der Waals surface area contributed by atoms with E-state index in [0.717, 1.165) is 12.3 Å². The number of rotatable bonds is 4. The van der Waals surface area contributed by atoms with Gasteiger partial charge in [0.2, 0.25) is 0 Å². The maximum Gasteiger partial charge on any atom is 0.0703 e. The zero-order chi connectivity index (χ0) is 13.0. The van der Waals surface area contributed by atoms with E-state index in [-0.39, 0.29) is 5.60 Å². The van der Waals surface area contributed by atoms with E-state index in [2.05, 4.69) is 13.8 Å². The molecular weight excluding hydrogens is 220 g/mol. The summed E-state index contributed by atoms with van der Waals surface area (Å²) < 4.78 is 0. The van der Waals surface area contributed by atoms with Crippen molar-refractivity contribution in [2.24, 2.45) is 17.8 Å². The van der Waals surface area contributed by atoms with Gasteiger partial charge in [-0.25, -0.2) is 0 Å². The van der Waals surface area contributed by atoms with Crippen LogP contribution in [0.1, 0.15) is 84.5 Å². The van der Waals surface area contributed by atoms with Crippen molar-refractivity contribution in [3.05, 3.63) is 0 Å². The minimum Gasteiger partial charge on any atom is -0.389 e. The summed E-state index contributed by atoms with van der Waals surface area (Å²) in [6.07, 6.45) is 14.3. The first-order valence-electron chi connectivity index (χ1n) is 8.41. The molecule has 0 bridgehead atoms. The van der Waals surface area contributed by atoms with Crippen LogP contribution < -0.4 is 0 Å². The molecule has 0 aromatic carbocycles. The lowest BCUT2D eigenvalue weighted by atomic mass is 9.61. The Morgan fingerprint density at radius 2 is 1.72 bits per heavy atom. The van der Waals surface area contributed by atoms with Crippen LogP contribution in [0.2, 0.25) is 0 Å². The first-order valence-corrected chi connectivity index (χ1v) is 8.41. The van der Waals surface area contributed by atoms with Crippen LogP contribution in [-0.4, -0.2) is 10.7 Å². The van der Waals surface area contributed by atoms with Crippen molar-refractivity contribution in [2.45, 2.75) is 90.1 Å². The Morgan fingerprint density at radius 3 is 2.39 bits per heavy atom. The van der Waals surface area contributed by atoms with Crippen LogP contribution in [0.3, 0.4) is 0 Å². The van der Waals surface area contributed by atoms with Crippen molar-refractivity contribution in [3.63, 3.8) is 0 Å². The van der Waals surface area contributed by atoms with Gasteiger partial charge < -0.3 is 5.11 Å². The van der Waals surface area contributed by atoms with E-state index in [1.54, 1.807) is 0 Å². The highest BCUT2D eigenvalue weighted by Crippen LogP contribution is 2.47. The number of hydrogen-bond donors (Lipinski definition) is 1. The first-order chi connectivity index (χ1) is 8.68. The minimum absolute atomic E-state index is 0.337. The summed E-state index contributed by atoms with van der Waals surface area (Å²) in [6, 6.07) is 0. The van der Waals surface area contributed by atoms with E-state index in [1.165, 1.54) is 64.2 Å². The fourth-order valence-electron chi connectivity index (χ4n) is 4.68. The summed E-state index contributed by atoms with van der Waals surface area (Å²) in [5, 5.41) is 11.3. The van der Waals surface area contributed by atoms with Gasteiger partial charge in [-0.05, 0) is 37.0 Å². The monoisotopic (exact) mass is 252 g/mol. The molecular formula is C17H32O. The standard InChI is InChI=1S/C17H32O/c1-3-9-14(2)17(18)13-8-7-12-16(17)15-10-5-4-6-11-15/h14-16,18H,3-13H2,1-2H3. The maximum absolute atomic E-state index is 11.3. The van der Waals surface area contributed by atoms with Gasteiger partial charge in [0.15, 0.2) is 0 Å². The summed E-state index contributed by atoms with van der Waals surface area (Å²) in [7, 11) is 0. The molecule has 1 nitrogen and oxygen atoms in total. The van der Waals surface area contributed by atoms with Crippen molar-refractivity contribution in [3.8, 4) is 0 Å². The molecule has 1 N–H and O–H groups in total. The van der Waals surface area contributed by atoms with Crippen LogP contribution >= 0.6 is 0 Å². The Balaban J connectivity index is 2.08. The van der Waals surface area contributed by atoms with Crippen LogP contribution in [0, 0.1) is 17.8 Å². The minimum atomic E-state index is -0.337. The van der Waals surface area contributed by atoms with Crippen LogP contribution in [0.5, 0.6) is 0 Å². The normalized spacial score (nSPS) is 36.5. The van der Waals surface area contributed by atoms with Crippen molar-refractivity contribution in [1.82, 2.24) is 0 Å². The van der Waals surface area contributed by atoms with Gasteiger partial charge in [0.05, 0.1) is 5.60 Å². The van der Waals surface area contributed by atoms with Gasteiger partial charge in [-0.2, -0.15) is 0 Å². The van der Waals surface area contributed by atoms with Crippen LogP contribution in [0.4, 0.5) is 0 Å². The molecule has 3 atom stereocenters. The van der Waals surface area contributed by atoms with E-state index >= 15 is 0 Å². The van der Waals surface area contributed by atoms with E-state index < -0.39 is 0 Å². The van der Waals surface area contributed by atoms with Gasteiger partial charge in [0.1, 0.15) is 0 Å². The number of hydrogen-bond acceptors (Lipinski definition) is 1. The molecule has 0 spiro atoms. The third-order valence-electron chi connectivity index (χ3n) is 5.78. The average Bonchev–Trinajstić information content (AvgIpc) is 2.40. The number of aliphatic hydroxyl groups is 1. The van der Waals surface area contributed by atoms with E-state index in [0.29, 0.717) is 11.8 Å². The lowest BCUT2D eigenvalue weighted by molar-refractivity contribution is -0.116. The molecule has 2 aliphatic carbocycles. The molecule has 0 aromatic rings. The van der Waals surface area contributed by atoms with Crippen LogP contribution in [0.25, 0.3) is 0 Å². The zero-order valence-electron chi connectivity index (χ0n) is 12.5. The molecule has 2 saturated carbocycles. The van der Waals surface area contributed by atoms with Crippen LogP contribution in [-0.2, 0) is 0 Å². The molecule has 2 rings (SSSR count). The Morgan fingerprint density at radius 1 is 1.06 bits per heavy atom. The topological polar surface area (TPSA) is 20.2 Å². The first kappa shape index (κ1) is 14.4. The predicted molar refractivity (Wildman–Crippen MR) is 77.6 cm³/mol. The predicted octanol–water partition coefficient (Wildman–Crippen LogP) is 4.92. The Hall–Kier alpha value is -0.0400. The van der Waals surface area contributed by atoms with Crippen LogP contribution in [0.15, 0.2) is 0 Å². The third kappa shape index (κ3) is 2.92. The quantitative estimate of drug-likeness (QED) is 0.752. The van der Waals surface area contributed by atoms with Crippen molar-refractivity contribution < 1.29 is 5.11 Å². The Kier molecular flexibility index (Phi) is 5.12. The fourth-order valence-corrected chi connectivity index (χ4v) is 4.68. The second kappa shape index (κ2) is 6.41. The summed E-state index contributed by atoms with van der Waals surface area (Å²) >= 11 is 0. The van der Waals surface area contributed by atoms with E-state index in [1.807, 2.05) is 0 Å². The molecule has 18 heavy (non-hydrogen) atoms. The molecule has 0 saturated heterocycles. The van der Waals surface area contributed by atoms with Gasteiger partial charge >= 0.3 is 0 Å². The summed E-state index contributed by atoms with van der Waals surface area (Å²) in [5.41, 5.74) is -0.337. The fraction of sp³-hybridized carbons (Fsp3) is 1.00. The Bertz CT molecular complexity index is 244. The largest absolute Gasteiger partial charge is 0.389 e. The lowest BCUT2D eigenvalue weighted by Crippen LogP contribution is -2.49. The van der Waals surface area contributed by atoms with Crippen molar-refractivity contribution in [2.75, 3.05) is 0 Å². The molecule has 2 fully saturated rings. The maximum atomic E-state index is 11.3. The highest BCUT2D eigenvalue weighted by Gasteiger charge is 2.45. The van der Waals surface area contributed by atoms with Gasteiger partial charge in [0, 0.05) is 0 Å². The molecule has 0 aliphatic heterocycles. The summed E-state index contributed by atoms with van der Waals surface area (Å²) in [6.45, 7) is 4.54.